The van der Waals surface area contributed by atoms with E-state index in [9.17, 15) is 9.59 Å². The number of aryl methyl sites for hydroxylation is 2. The van der Waals surface area contributed by atoms with E-state index in [0.29, 0.717) is 12.1 Å². The van der Waals surface area contributed by atoms with Crippen molar-refractivity contribution in [3.63, 3.8) is 0 Å². The summed E-state index contributed by atoms with van der Waals surface area (Å²) in [5.41, 5.74) is 3.17. The number of halogens is 1. The summed E-state index contributed by atoms with van der Waals surface area (Å²) in [6.45, 7) is 3.82. The Labute approximate surface area is 155 Å². The second-order valence-corrected chi connectivity index (χ2v) is 6.59. The van der Waals surface area contributed by atoms with E-state index in [1.165, 1.54) is 30.0 Å². The van der Waals surface area contributed by atoms with Crippen LogP contribution in [0.3, 0.4) is 0 Å². The molecule has 0 unspecified atom stereocenters. The van der Waals surface area contributed by atoms with Crippen molar-refractivity contribution in [3.05, 3.63) is 45.7 Å². The van der Waals surface area contributed by atoms with E-state index in [0.717, 1.165) is 22.1 Å². The third kappa shape index (κ3) is 4.93. The van der Waals surface area contributed by atoms with E-state index in [2.05, 4.69) is 15.3 Å². The summed E-state index contributed by atoms with van der Waals surface area (Å²) in [6, 6.07) is 4.31. The number of nitrogens with zero attached hydrogens (tertiary/aromatic N) is 2. The van der Waals surface area contributed by atoms with Gasteiger partial charge in [0, 0.05) is 23.5 Å². The first kappa shape index (κ1) is 19.2. The Balaban J connectivity index is 2.02. The number of hydrogen-bond donors (Lipinski definition) is 2. The van der Waals surface area contributed by atoms with Crippen LogP contribution in [0.15, 0.2) is 23.4 Å². The highest BCUT2D eigenvalue weighted by molar-refractivity contribution is 7.98. The molecule has 0 spiro atoms. The summed E-state index contributed by atoms with van der Waals surface area (Å²) in [7, 11) is 0. The van der Waals surface area contributed by atoms with E-state index in [-0.39, 0.29) is 22.9 Å². The number of carbonyl (C=O) groups is 2. The molecule has 6 nitrogen and oxygen atoms in total. The summed E-state index contributed by atoms with van der Waals surface area (Å²) in [5.74, 6) is -1.30. The summed E-state index contributed by atoms with van der Waals surface area (Å²) >= 11 is 7.38. The van der Waals surface area contributed by atoms with Gasteiger partial charge in [-0.05, 0) is 50.3 Å². The number of rotatable bonds is 6. The molecule has 0 radical (unpaired) electrons. The molecule has 0 aliphatic heterocycles. The molecular formula is C17H18ClN3O3S. The van der Waals surface area contributed by atoms with Crippen LogP contribution in [-0.4, -0.2) is 33.2 Å². The Morgan fingerprint density at radius 2 is 1.88 bits per heavy atom. The highest BCUT2D eigenvalue weighted by Gasteiger charge is 2.12. The first-order valence-corrected chi connectivity index (χ1v) is 9.13. The zero-order valence-corrected chi connectivity index (χ0v) is 15.7. The molecule has 1 amide bonds. The highest BCUT2D eigenvalue weighted by atomic mass is 35.5. The normalized spacial score (nSPS) is 10.6. The topological polar surface area (TPSA) is 92.2 Å². The number of aromatic carboxylic acids is 1. The van der Waals surface area contributed by atoms with Gasteiger partial charge in [-0.1, -0.05) is 23.4 Å². The third-order valence-electron chi connectivity index (χ3n) is 3.67. The number of hydrogen-bond acceptors (Lipinski definition) is 5. The predicted molar refractivity (Wildman–Crippen MR) is 98.6 cm³/mol. The predicted octanol–water partition coefficient (Wildman–Crippen LogP) is 3.74. The largest absolute Gasteiger partial charge is 0.478 e. The molecule has 2 aromatic rings. The molecule has 2 N–H and O–H groups in total. The monoisotopic (exact) mass is 379 g/mol. The summed E-state index contributed by atoms with van der Waals surface area (Å²) in [6.07, 6.45) is 2.71. The van der Waals surface area contributed by atoms with E-state index in [1.54, 1.807) is 0 Å². The van der Waals surface area contributed by atoms with Crippen LogP contribution in [0.4, 0.5) is 5.69 Å². The Morgan fingerprint density at radius 1 is 1.24 bits per heavy atom. The van der Waals surface area contributed by atoms with Gasteiger partial charge in [0.05, 0.1) is 10.6 Å². The molecule has 2 rings (SSSR count). The minimum Gasteiger partial charge on any atom is -0.478 e. The molecule has 8 heteroatoms. The van der Waals surface area contributed by atoms with Gasteiger partial charge < -0.3 is 10.4 Å². The fourth-order valence-corrected chi connectivity index (χ4v) is 3.11. The molecule has 0 aliphatic rings. The van der Waals surface area contributed by atoms with E-state index >= 15 is 0 Å². The van der Waals surface area contributed by atoms with Gasteiger partial charge >= 0.3 is 5.97 Å². The minimum atomic E-state index is -1.11. The van der Waals surface area contributed by atoms with Gasteiger partial charge in [-0.3, -0.25) is 4.79 Å². The first-order chi connectivity index (χ1) is 11.8. The molecule has 1 aromatic carbocycles. The number of nitrogens with one attached hydrogen (secondary N) is 1. The van der Waals surface area contributed by atoms with Gasteiger partial charge in [0.2, 0.25) is 5.91 Å². The molecule has 1 aromatic heterocycles. The lowest BCUT2D eigenvalue weighted by Gasteiger charge is -2.10. The summed E-state index contributed by atoms with van der Waals surface area (Å²) < 4.78 is 0. The van der Waals surface area contributed by atoms with Gasteiger partial charge in [-0.25, -0.2) is 14.8 Å². The maximum Gasteiger partial charge on any atom is 0.337 e. The molecule has 0 saturated heterocycles. The number of anilines is 1. The first-order valence-electron chi connectivity index (χ1n) is 7.52. The fraction of sp³-hybridized carbons (Fsp3) is 0.294. The van der Waals surface area contributed by atoms with Gasteiger partial charge in [-0.15, -0.1) is 0 Å². The number of aromatic nitrogens is 2. The second kappa shape index (κ2) is 8.31. The standard InChI is InChI=1S/C17H18ClN3O3S/c1-9-12(10(2)20-17(19-9)25-3)6-7-15(22)21-11-4-5-13(16(23)24)14(18)8-11/h4-5,8H,6-7H2,1-3H3,(H,21,22)(H,23,24). The maximum absolute atomic E-state index is 12.1. The van der Waals surface area contributed by atoms with Gasteiger partial charge in [-0.2, -0.15) is 0 Å². The maximum atomic E-state index is 12.1. The Bertz CT molecular complexity index is 804. The van der Waals surface area contributed by atoms with Crippen molar-refractivity contribution in [1.29, 1.82) is 0 Å². The average molecular weight is 380 g/mol. The van der Waals surface area contributed by atoms with E-state index < -0.39 is 5.97 Å². The average Bonchev–Trinajstić information content (AvgIpc) is 2.53. The molecule has 0 bridgehead atoms. The Hall–Kier alpha value is -2.12. The van der Waals surface area contributed by atoms with Crippen molar-refractivity contribution in [1.82, 2.24) is 9.97 Å². The van der Waals surface area contributed by atoms with Gasteiger partial charge in [0.15, 0.2) is 5.16 Å². The second-order valence-electron chi connectivity index (χ2n) is 5.41. The Morgan fingerprint density at radius 3 is 2.40 bits per heavy atom. The van der Waals surface area contributed by atoms with Crippen LogP contribution < -0.4 is 5.32 Å². The van der Waals surface area contributed by atoms with Crippen molar-refractivity contribution in [2.24, 2.45) is 0 Å². The molecule has 0 saturated carbocycles. The number of carbonyl (C=O) groups excluding carboxylic acids is 1. The van der Waals surface area contributed by atoms with Crippen molar-refractivity contribution in [3.8, 4) is 0 Å². The SMILES string of the molecule is CSc1nc(C)c(CCC(=O)Nc2ccc(C(=O)O)c(Cl)c2)c(C)n1. The fourth-order valence-electron chi connectivity index (χ4n) is 2.39. The lowest BCUT2D eigenvalue weighted by Crippen LogP contribution is -2.14. The lowest BCUT2D eigenvalue weighted by molar-refractivity contribution is -0.116. The van der Waals surface area contributed by atoms with Crippen LogP contribution in [0.1, 0.15) is 33.7 Å². The van der Waals surface area contributed by atoms with Crippen LogP contribution in [0.25, 0.3) is 0 Å². The molecule has 25 heavy (non-hydrogen) atoms. The van der Waals surface area contributed by atoms with Crippen LogP contribution >= 0.6 is 23.4 Å². The van der Waals surface area contributed by atoms with Crippen molar-refractivity contribution in [2.75, 3.05) is 11.6 Å². The molecule has 0 aliphatic carbocycles. The third-order valence-corrected chi connectivity index (χ3v) is 4.53. The number of carboxylic acids is 1. The van der Waals surface area contributed by atoms with Crippen LogP contribution in [0.5, 0.6) is 0 Å². The van der Waals surface area contributed by atoms with E-state index in [4.69, 9.17) is 16.7 Å². The summed E-state index contributed by atoms with van der Waals surface area (Å²) in [5, 5.41) is 12.5. The minimum absolute atomic E-state index is 0.00283. The number of amides is 1. The highest BCUT2D eigenvalue weighted by Crippen LogP contribution is 2.22. The molecule has 0 fully saturated rings. The zero-order chi connectivity index (χ0) is 18.6. The van der Waals surface area contributed by atoms with Crippen LogP contribution in [0.2, 0.25) is 5.02 Å². The molecule has 1 heterocycles. The number of carboxylic acid groups (broad SMARTS) is 1. The molecule has 132 valence electrons. The molecular weight excluding hydrogens is 362 g/mol. The van der Waals surface area contributed by atoms with Crippen LogP contribution in [-0.2, 0) is 11.2 Å². The lowest BCUT2D eigenvalue weighted by atomic mass is 10.1. The Kier molecular flexibility index (Phi) is 6.39. The number of thioether (sulfide) groups is 1. The van der Waals surface area contributed by atoms with Gasteiger partial charge in [0.1, 0.15) is 0 Å². The smallest absolute Gasteiger partial charge is 0.337 e. The summed E-state index contributed by atoms with van der Waals surface area (Å²) in [4.78, 5) is 31.9. The quantitative estimate of drug-likeness (QED) is 0.586. The van der Waals surface area contributed by atoms with E-state index in [1.807, 2.05) is 20.1 Å². The zero-order valence-electron chi connectivity index (χ0n) is 14.1. The van der Waals surface area contributed by atoms with Crippen LogP contribution in [0, 0.1) is 13.8 Å². The number of benzene rings is 1. The van der Waals surface area contributed by atoms with Gasteiger partial charge in [0.25, 0.3) is 0 Å². The van der Waals surface area contributed by atoms with Crippen molar-refractivity contribution in [2.45, 2.75) is 31.8 Å². The van der Waals surface area contributed by atoms with Crippen molar-refractivity contribution >= 4 is 40.9 Å². The molecule has 0 atom stereocenters. The van der Waals surface area contributed by atoms with Crippen molar-refractivity contribution < 1.29 is 14.7 Å².